The summed E-state index contributed by atoms with van der Waals surface area (Å²) in [5.41, 5.74) is 1.22. The van der Waals surface area contributed by atoms with Crippen LogP contribution in [0, 0.1) is 23.7 Å². The Balaban J connectivity index is 1.58. The summed E-state index contributed by atoms with van der Waals surface area (Å²) in [5.74, 6) is 4.96. The molecule has 1 aromatic rings. The van der Waals surface area contributed by atoms with Crippen LogP contribution in [0.5, 0.6) is 0 Å². The van der Waals surface area contributed by atoms with E-state index >= 15 is 0 Å². The molecule has 20 heavy (non-hydrogen) atoms. The van der Waals surface area contributed by atoms with Crippen molar-refractivity contribution in [3.63, 3.8) is 0 Å². The van der Waals surface area contributed by atoms with Gasteiger partial charge in [0, 0.05) is 26.3 Å². The lowest BCUT2D eigenvalue weighted by Crippen LogP contribution is -2.51. The Kier molecular flexibility index (Phi) is 2.90. The van der Waals surface area contributed by atoms with Crippen LogP contribution in [0.15, 0.2) is 18.3 Å². The van der Waals surface area contributed by atoms with Crippen LogP contribution in [0.2, 0.25) is 0 Å². The minimum absolute atomic E-state index is 0.686. The van der Waals surface area contributed by atoms with Gasteiger partial charge in [-0.1, -0.05) is 0 Å². The summed E-state index contributed by atoms with van der Waals surface area (Å²) in [5, 5.41) is 3.87. The third-order valence-electron chi connectivity index (χ3n) is 5.76. The van der Waals surface area contributed by atoms with E-state index in [9.17, 15) is 0 Å². The van der Waals surface area contributed by atoms with E-state index in [1.807, 2.05) is 12.3 Å². The third kappa shape index (κ3) is 1.99. The number of pyridine rings is 1. The Bertz CT molecular complexity index is 469. The van der Waals surface area contributed by atoms with Gasteiger partial charge in [0.15, 0.2) is 5.82 Å². The first-order valence-corrected chi connectivity index (χ1v) is 8.09. The van der Waals surface area contributed by atoms with E-state index in [-0.39, 0.29) is 0 Å². The summed E-state index contributed by atoms with van der Waals surface area (Å²) in [6.07, 6.45) is 9.25. The fraction of sp³-hybridized carbons (Fsp3) is 0.706. The molecule has 0 aromatic carbocycles. The Morgan fingerprint density at radius 2 is 1.70 bits per heavy atom. The predicted molar refractivity (Wildman–Crippen MR) is 83.0 cm³/mol. The van der Waals surface area contributed by atoms with Gasteiger partial charge in [0.1, 0.15) is 0 Å². The highest BCUT2D eigenvalue weighted by molar-refractivity contribution is 5.65. The fourth-order valence-corrected chi connectivity index (χ4v) is 5.21. The average molecular weight is 271 g/mol. The molecule has 4 bridgehead atoms. The lowest BCUT2D eigenvalue weighted by Gasteiger charge is -2.54. The maximum Gasteiger partial charge on any atom is 0.151 e. The van der Waals surface area contributed by atoms with Crippen LogP contribution in [0.4, 0.5) is 11.5 Å². The quantitative estimate of drug-likeness (QED) is 0.913. The molecule has 0 atom stereocenters. The molecule has 1 heterocycles. The monoisotopic (exact) mass is 271 g/mol. The minimum Gasteiger partial charge on any atom is -0.379 e. The van der Waals surface area contributed by atoms with E-state index in [4.69, 9.17) is 0 Å². The van der Waals surface area contributed by atoms with Crippen molar-refractivity contribution in [1.82, 2.24) is 4.98 Å². The molecule has 0 saturated heterocycles. The topological polar surface area (TPSA) is 28.2 Å². The van der Waals surface area contributed by atoms with Crippen molar-refractivity contribution in [2.24, 2.45) is 23.7 Å². The lowest BCUT2D eigenvalue weighted by atomic mass is 9.54. The molecule has 4 saturated carbocycles. The largest absolute Gasteiger partial charge is 0.379 e. The van der Waals surface area contributed by atoms with Crippen molar-refractivity contribution in [3.05, 3.63) is 18.3 Å². The van der Waals surface area contributed by atoms with Crippen molar-refractivity contribution < 1.29 is 0 Å². The summed E-state index contributed by atoms with van der Waals surface area (Å²) in [4.78, 5) is 6.63. The first-order valence-electron chi connectivity index (χ1n) is 8.09. The Labute approximate surface area is 121 Å². The summed E-state index contributed by atoms with van der Waals surface area (Å²) in [6, 6.07) is 4.92. The summed E-state index contributed by atoms with van der Waals surface area (Å²) < 4.78 is 0. The molecule has 0 spiro atoms. The van der Waals surface area contributed by atoms with Crippen LogP contribution in [-0.2, 0) is 0 Å². The van der Waals surface area contributed by atoms with Crippen molar-refractivity contribution >= 4 is 11.5 Å². The number of nitrogens with zero attached hydrogens (tertiary/aromatic N) is 2. The minimum atomic E-state index is 0.686. The standard InChI is InChI=1S/C17H25N3/c1-20(2)17-15(4-3-5-18-17)19-16-13-7-11-6-12(9-13)10-14(16)8-11/h3-5,11-14,16,19H,6-10H2,1-2H3. The average Bonchev–Trinajstić information content (AvgIpc) is 2.42. The number of anilines is 2. The number of aromatic nitrogens is 1. The second kappa shape index (κ2) is 4.64. The van der Waals surface area contributed by atoms with Crippen LogP contribution in [0.3, 0.4) is 0 Å². The van der Waals surface area contributed by atoms with Crippen LogP contribution >= 0.6 is 0 Å². The van der Waals surface area contributed by atoms with Gasteiger partial charge in [0.05, 0.1) is 5.69 Å². The zero-order valence-corrected chi connectivity index (χ0v) is 12.5. The molecule has 108 valence electrons. The molecule has 3 nitrogen and oxygen atoms in total. The first kappa shape index (κ1) is 12.5. The molecule has 4 aliphatic rings. The maximum absolute atomic E-state index is 4.52. The number of rotatable bonds is 3. The van der Waals surface area contributed by atoms with Gasteiger partial charge < -0.3 is 10.2 Å². The first-order chi connectivity index (χ1) is 9.70. The van der Waals surface area contributed by atoms with Crippen LogP contribution in [-0.4, -0.2) is 25.1 Å². The lowest BCUT2D eigenvalue weighted by molar-refractivity contribution is 0.00755. The molecule has 4 aliphatic carbocycles. The molecule has 0 unspecified atom stereocenters. The van der Waals surface area contributed by atoms with Gasteiger partial charge in [-0.3, -0.25) is 0 Å². The molecular formula is C17H25N3. The Morgan fingerprint density at radius 3 is 2.30 bits per heavy atom. The number of hydrogen-bond acceptors (Lipinski definition) is 3. The SMILES string of the molecule is CN(C)c1ncccc1NC1C2CC3CC(C2)CC1C3. The van der Waals surface area contributed by atoms with Crippen LogP contribution < -0.4 is 10.2 Å². The summed E-state index contributed by atoms with van der Waals surface area (Å²) in [6.45, 7) is 0. The van der Waals surface area contributed by atoms with Gasteiger partial charge in [-0.25, -0.2) is 4.98 Å². The molecule has 3 heteroatoms. The molecule has 0 aliphatic heterocycles. The highest BCUT2D eigenvalue weighted by Gasteiger charge is 2.48. The summed E-state index contributed by atoms with van der Waals surface area (Å²) in [7, 11) is 4.15. The Morgan fingerprint density at radius 1 is 1.05 bits per heavy atom. The van der Waals surface area contributed by atoms with Gasteiger partial charge in [0.2, 0.25) is 0 Å². The molecule has 0 radical (unpaired) electrons. The van der Waals surface area contributed by atoms with Crippen molar-refractivity contribution in [2.75, 3.05) is 24.3 Å². The summed E-state index contributed by atoms with van der Waals surface area (Å²) >= 11 is 0. The van der Waals surface area contributed by atoms with Gasteiger partial charge in [-0.05, 0) is 67.9 Å². The van der Waals surface area contributed by atoms with Gasteiger partial charge >= 0.3 is 0 Å². The molecular weight excluding hydrogens is 246 g/mol. The second-order valence-electron chi connectivity index (χ2n) is 7.37. The maximum atomic E-state index is 4.52. The number of hydrogen-bond donors (Lipinski definition) is 1. The van der Waals surface area contributed by atoms with Crippen molar-refractivity contribution in [1.29, 1.82) is 0 Å². The highest BCUT2D eigenvalue weighted by Crippen LogP contribution is 2.54. The van der Waals surface area contributed by atoms with Gasteiger partial charge in [-0.15, -0.1) is 0 Å². The van der Waals surface area contributed by atoms with E-state index in [0.29, 0.717) is 6.04 Å². The third-order valence-corrected chi connectivity index (χ3v) is 5.76. The van der Waals surface area contributed by atoms with Crippen molar-refractivity contribution in [3.8, 4) is 0 Å². The van der Waals surface area contributed by atoms with E-state index in [0.717, 1.165) is 29.5 Å². The zero-order chi connectivity index (χ0) is 13.7. The molecule has 0 amide bonds. The molecule has 5 rings (SSSR count). The van der Waals surface area contributed by atoms with E-state index in [2.05, 4.69) is 35.4 Å². The highest BCUT2D eigenvalue weighted by atomic mass is 15.2. The van der Waals surface area contributed by atoms with Crippen LogP contribution in [0.25, 0.3) is 0 Å². The van der Waals surface area contributed by atoms with Crippen molar-refractivity contribution in [2.45, 2.75) is 38.1 Å². The normalized spacial score (nSPS) is 38.0. The number of nitrogens with one attached hydrogen (secondary N) is 1. The van der Waals surface area contributed by atoms with Gasteiger partial charge in [-0.2, -0.15) is 0 Å². The van der Waals surface area contributed by atoms with Gasteiger partial charge in [0.25, 0.3) is 0 Å². The smallest absolute Gasteiger partial charge is 0.151 e. The predicted octanol–water partition coefficient (Wildman–Crippen LogP) is 3.38. The van der Waals surface area contributed by atoms with Crippen LogP contribution in [0.1, 0.15) is 32.1 Å². The zero-order valence-electron chi connectivity index (χ0n) is 12.5. The molecule has 4 fully saturated rings. The van der Waals surface area contributed by atoms with E-state index in [1.165, 1.54) is 37.8 Å². The fourth-order valence-electron chi connectivity index (χ4n) is 5.21. The second-order valence-corrected chi connectivity index (χ2v) is 7.37. The van der Waals surface area contributed by atoms with E-state index in [1.54, 1.807) is 0 Å². The molecule has 1 N–H and O–H groups in total. The Hall–Kier alpha value is -1.25. The molecule has 1 aromatic heterocycles. The van der Waals surface area contributed by atoms with E-state index < -0.39 is 0 Å².